The van der Waals surface area contributed by atoms with Gasteiger partial charge in [-0.1, -0.05) is 35.4 Å². The summed E-state index contributed by atoms with van der Waals surface area (Å²) in [5, 5.41) is 16.3. The van der Waals surface area contributed by atoms with Crippen molar-refractivity contribution in [2.75, 3.05) is 33.7 Å². The van der Waals surface area contributed by atoms with Gasteiger partial charge >= 0.3 is 6.09 Å². The first-order chi connectivity index (χ1) is 13.7. The molecule has 0 heterocycles. The molecule has 8 nitrogen and oxygen atoms in total. The maximum Gasteiger partial charge on any atom is 0.440 e. The van der Waals surface area contributed by atoms with Crippen LogP contribution in [0.2, 0.25) is 5.02 Å². The standard InChI is InChI=1S/C20H29ClN2O6/c1-13(10-14-11-15(22-3)18(21)16(12-14)26-4)8-7-9-17(27-5)20(2,25)23-19(24)29-28-6/h7-9,11-12,17,22,25H,10H2,1-6H3,(H,23,24)/b9-7+,13-8+. The molecule has 162 valence electrons. The molecule has 0 aliphatic heterocycles. The van der Waals surface area contributed by atoms with Crippen LogP contribution in [0.4, 0.5) is 10.5 Å². The summed E-state index contributed by atoms with van der Waals surface area (Å²) >= 11 is 6.25. The number of amides is 1. The maximum atomic E-state index is 11.5. The van der Waals surface area contributed by atoms with E-state index in [1.807, 2.05) is 25.1 Å². The number of anilines is 1. The lowest BCUT2D eigenvalue weighted by atomic mass is 10.0. The van der Waals surface area contributed by atoms with Crippen LogP contribution in [0.25, 0.3) is 0 Å². The predicted molar refractivity (Wildman–Crippen MR) is 112 cm³/mol. The second kappa shape index (κ2) is 11.7. The number of allylic oxidation sites excluding steroid dienone is 3. The van der Waals surface area contributed by atoms with Crippen LogP contribution in [0.3, 0.4) is 0 Å². The van der Waals surface area contributed by atoms with Gasteiger partial charge in [0.1, 0.15) is 16.9 Å². The highest BCUT2D eigenvalue weighted by Crippen LogP contribution is 2.34. The minimum Gasteiger partial charge on any atom is -0.495 e. The van der Waals surface area contributed by atoms with Crippen molar-refractivity contribution in [2.24, 2.45) is 0 Å². The van der Waals surface area contributed by atoms with Crippen LogP contribution in [-0.2, 0) is 20.9 Å². The summed E-state index contributed by atoms with van der Waals surface area (Å²) in [6.07, 6.45) is 4.17. The molecule has 0 radical (unpaired) electrons. The summed E-state index contributed by atoms with van der Waals surface area (Å²) in [5.74, 6) is 0.598. The van der Waals surface area contributed by atoms with Crippen molar-refractivity contribution >= 4 is 23.4 Å². The highest BCUT2D eigenvalue weighted by atomic mass is 35.5. The third-order valence-corrected chi connectivity index (χ3v) is 4.45. The van der Waals surface area contributed by atoms with Gasteiger partial charge in [0.2, 0.25) is 0 Å². The van der Waals surface area contributed by atoms with Gasteiger partial charge in [0.05, 0.1) is 19.9 Å². The largest absolute Gasteiger partial charge is 0.495 e. The molecule has 2 unspecified atom stereocenters. The van der Waals surface area contributed by atoms with Crippen LogP contribution in [-0.4, -0.2) is 51.4 Å². The molecule has 29 heavy (non-hydrogen) atoms. The van der Waals surface area contributed by atoms with Gasteiger partial charge in [0.25, 0.3) is 0 Å². The van der Waals surface area contributed by atoms with E-state index in [0.29, 0.717) is 17.2 Å². The first kappa shape index (κ1) is 24.8. The minimum atomic E-state index is -1.70. The molecule has 1 aromatic carbocycles. The topological polar surface area (TPSA) is 98.3 Å². The van der Waals surface area contributed by atoms with Crippen molar-refractivity contribution in [1.82, 2.24) is 5.32 Å². The van der Waals surface area contributed by atoms with Crippen LogP contribution in [0.5, 0.6) is 5.75 Å². The molecule has 3 N–H and O–H groups in total. The Kier molecular flexibility index (Phi) is 9.97. The van der Waals surface area contributed by atoms with Crippen LogP contribution in [0, 0.1) is 0 Å². The van der Waals surface area contributed by atoms with E-state index in [2.05, 4.69) is 20.4 Å². The molecule has 2 atom stereocenters. The second-order valence-corrected chi connectivity index (χ2v) is 6.83. The molecule has 1 aromatic rings. The number of aliphatic hydroxyl groups is 1. The van der Waals surface area contributed by atoms with E-state index >= 15 is 0 Å². The van der Waals surface area contributed by atoms with E-state index < -0.39 is 17.9 Å². The van der Waals surface area contributed by atoms with Crippen molar-refractivity contribution in [3.8, 4) is 5.75 Å². The molecule has 0 aliphatic rings. The second-order valence-electron chi connectivity index (χ2n) is 6.45. The summed E-state index contributed by atoms with van der Waals surface area (Å²) in [4.78, 5) is 20.0. The van der Waals surface area contributed by atoms with E-state index in [9.17, 15) is 9.90 Å². The number of carbonyl (C=O) groups excluding carboxylic acids is 1. The molecule has 0 saturated heterocycles. The number of hydrogen-bond acceptors (Lipinski definition) is 7. The molecule has 1 amide bonds. The summed E-state index contributed by atoms with van der Waals surface area (Å²) in [7, 11) is 5.97. The molecule has 0 fully saturated rings. The Labute approximate surface area is 176 Å². The van der Waals surface area contributed by atoms with Gasteiger partial charge in [-0.3, -0.25) is 10.2 Å². The van der Waals surface area contributed by atoms with Gasteiger partial charge in [0, 0.05) is 14.2 Å². The Morgan fingerprint density at radius 2 is 2.03 bits per heavy atom. The third kappa shape index (κ3) is 7.58. The normalized spacial score (nSPS) is 15.0. The third-order valence-electron chi connectivity index (χ3n) is 4.06. The average molecular weight is 429 g/mol. The molecular formula is C20H29ClN2O6. The van der Waals surface area contributed by atoms with Crippen molar-refractivity contribution in [1.29, 1.82) is 0 Å². The van der Waals surface area contributed by atoms with Crippen LogP contribution < -0.4 is 15.4 Å². The lowest BCUT2D eigenvalue weighted by Gasteiger charge is -2.29. The van der Waals surface area contributed by atoms with Gasteiger partial charge in [-0.05, 0) is 38.0 Å². The fraction of sp³-hybridized carbons (Fsp3) is 0.450. The highest BCUT2D eigenvalue weighted by molar-refractivity contribution is 6.34. The van der Waals surface area contributed by atoms with Crippen molar-refractivity contribution in [3.63, 3.8) is 0 Å². The van der Waals surface area contributed by atoms with Gasteiger partial charge < -0.3 is 19.9 Å². The number of carbonyl (C=O) groups is 1. The minimum absolute atomic E-state index is 0.532. The average Bonchev–Trinajstić information content (AvgIpc) is 2.65. The SMILES string of the molecule is CNc1cc(C/C(C)=C/C=C/C(OC)C(C)(O)NC(=O)OOC)cc(OC)c1Cl. The van der Waals surface area contributed by atoms with E-state index in [4.69, 9.17) is 21.1 Å². The maximum absolute atomic E-state index is 11.5. The molecule has 0 bridgehead atoms. The van der Waals surface area contributed by atoms with Gasteiger partial charge in [-0.25, -0.2) is 4.79 Å². The Balaban J connectivity index is 2.87. The first-order valence-corrected chi connectivity index (χ1v) is 9.22. The van der Waals surface area contributed by atoms with Gasteiger partial charge in [-0.2, -0.15) is 4.89 Å². The van der Waals surface area contributed by atoms with E-state index in [1.54, 1.807) is 26.3 Å². The zero-order valence-electron chi connectivity index (χ0n) is 17.5. The number of hydrogen-bond donors (Lipinski definition) is 3. The zero-order chi connectivity index (χ0) is 22.0. The number of halogens is 1. The van der Waals surface area contributed by atoms with Gasteiger partial charge in [-0.15, -0.1) is 0 Å². The Hall–Kier alpha value is -2.26. The molecule has 0 saturated carbocycles. The summed E-state index contributed by atoms with van der Waals surface area (Å²) in [5.41, 5.74) is 1.16. The number of benzene rings is 1. The molecule has 0 aliphatic carbocycles. The van der Waals surface area contributed by atoms with Crippen LogP contribution in [0.1, 0.15) is 19.4 Å². The monoisotopic (exact) mass is 428 g/mol. The summed E-state index contributed by atoms with van der Waals surface area (Å²) < 4.78 is 10.6. The summed E-state index contributed by atoms with van der Waals surface area (Å²) in [6, 6.07) is 3.85. The first-order valence-electron chi connectivity index (χ1n) is 8.84. The smallest absolute Gasteiger partial charge is 0.440 e. The van der Waals surface area contributed by atoms with E-state index in [1.165, 1.54) is 21.1 Å². The fourth-order valence-corrected chi connectivity index (χ4v) is 2.94. The Morgan fingerprint density at radius 3 is 2.59 bits per heavy atom. The van der Waals surface area contributed by atoms with Crippen molar-refractivity contribution < 1.29 is 29.1 Å². The van der Waals surface area contributed by atoms with Crippen molar-refractivity contribution in [2.45, 2.75) is 32.1 Å². The van der Waals surface area contributed by atoms with Crippen LogP contribution >= 0.6 is 11.6 Å². The fourth-order valence-electron chi connectivity index (χ4n) is 2.66. The molecular weight excluding hydrogens is 400 g/mol. The number of nitrogens with one attached hydrogen (secondary N) is 2. The number of methoxy groups -OCH3 is 2. The summed E-state index contributed by atoms with van der Waals surface area (Å²) in [6.45, 7) is 3.36. The Bertz CT molecular complexity index is 723. The van der Waals surface area contributed by atoms with E-state index in [-0.39, 0.29) is 0 Å². The van der Waals surface area contributed by atoms with Crippen molar-refractivity contribution in [3.05, 3.63) is 46.5 Å². The number of rotatable bonds is 10. The van der Waals surface area contributed by atoms with E-state index in [0.717, 1.165) is 16.8 Å². The molecule has 1 rings (SSSR count). The molecule has 0 aromatic heterocycles. The lowest BCUT2D eigenvalue weighted by Crippen LogP contribution is -2.54. The zero-order valence-corrected chi connectivity index (χ0v) is 18.3. The lowest BCUT2D eigenvalue weighted by molar-refractivity contribution is -0.218. The molecule has 0 spiro atoms. The highest BCUT2D eigenvalue weighted by Gasteiger charge is 2.32. The predicted octanol–water partition coefficient (Wildman–Crippen LogP) is 3.45. The Morgan fingerprint density at radius 1 is 1.34 bits per heavy atom. The molecule has 9 heteroatoms. The van der Waals surface area contributed by atoms with Crippen LogP contribution in [0.15, 0.2) is 35.9 Å². The number of ether oxygens (including phenoxy) is 2. The van der Waals surface area contributed by atoms with Gasteiger partial charge in [0.15, 0.2) is 5.72 Å². The quantitative estimate of drug-likeness (QED) is 0.227.